The van der Waals surface area contributed by atoms with Gasteiger partial charge in [0, 0.05) is 37.1 Å². The summed E-state index contributed by atoms with van der Waals surface area (Å²) in [6, 6.07) is -0.200. The van der Waals surface area contributed by atoms with E-state index in [4.69, 9.17) is 5.73 Å². The van der Waals surface area contributed by atoms with Crippen molar-refractivity contribution in [2.75, 3.05) is 24.7 Å². The van der Waals surface area contributed by atoms with Gasteiger partial charge in [-0.2, -0.15) is 18.3 Å². The third-order valence-corrected chi connectivity index (χ3v) is 6.69. The zero-order valence-electron chi connectivity index (χ0n) is 17.7. The van der Waals surface area contributed by atoms with Crippen LogP contribution in [0, 0.1) is 0 Å². The molecule has 3 N–H and O–H groups in total. The number of rotatable bonds is 6. The van der Waals surface area contributed by atoms with E-state index < -0.39 is 38.9 Å². The van der Waals surface area contributed by atoms with E-state index in [0.29, 0.717) is 32.1 Å². The van der Waals surface area contributed by atoms with Crippen LogP contribution in [0.15, 0.2) is 18.6 Å². The molecule has 0 saturated carbocycles. The van der Waals surface area contributed by atoms with Crippen LogP contribution in [0.3, 0.4) is 0 Å². The Kier molecular flexibility index (Phi) is 6.21. The second-order valence-corrected chi connectivity index (χ2v) is 10.1. The fourth-order valence-corrected chi connectivity index (χ4v) is 4.13. The summed E-state index contributed by atoms with van der Waals surface area (Å²) < 4.78 is 66.6. The minimum atomic E-state index is -4.71. The van der Waals surface area contributed by atoms with Crippen LogP contribution in [-0.4, -0.2) is 63.8 Å². The second-order valence-electron chi connectivity index (χ2n) is 8.13. The molecule has 1 amide bonds. The Morgan fingerprint density at radius 2 is 1.84 bits per heavy atom. The molecular weight excluding hydrogens is 451 g/mol. The number of aromatic nitrogens is 4. The maximum absolute atomic E-state index is 13.6. The summed E-state index contributed by atoms with van der Waals surface area (Å²) >= 11 is 0. The fourth-order valence-electron chi connectivity index (χ4n) is 3.26. The molecule has 1 aliphatic rings. The maximum Gasteiger partial charge on any atom is 0.419 e. The Labute approximate surface area is 183 Å². The minimum absolute atomic E-state index is 0.0206. The number of hydrogen-bond donors (Lipinski definition) is 2. The number of piperidine rings is 1. The van der Waals surface area contributed by atoms with Crippen LogP contribution in [0.5, 0.6) is 0 Å². The van der Waals surface area contributed by atoms with Crippen LogP contribution in [0.25, 0.3) is 11.3 Å². The molecule has 0 bridgehead atoms. The molecule has 0 aromatic carbocycles. The Morgan fingerprint density at radius 3 is 2.38 bits per heavy atom. The number of alkyl halides is 3. The minimum Gasteiger partial charge on any atom is -0.368 e. The zero-order chi connectivity index (χ0) is 23.9. The van der Waals surface area contributed by atoms with Gasteiger partial charge in [0.2, 0.25) is 21.9 Å². The molecule has 0 spiro atoms. The lowest BCUT2D eigenvalue weighted by atomic mass is 10.1. The van der Waals surface area contributed by atoms with Crippen molar-refractivity contribution in [1.29, 1.82) is 0 Å². The first kappa shape index (κ1) is 23.9. The number of sulfonamides is 1. The highest BCUT2D eigenvalue weighted by molar-refractivity contribution is 7.88. The van der Waals surface area contributed by atoms with Crippen molar-refractivity contribution in [3.63, 3.8) is 0 Å². The number of nitrogens with zero attached hydrogens (tertiary/aromatic N) is 5. The van der Waals surface area contributed by atoms with Gasteiger partial charge in [-0.05, 0) is 26.7 Å². The number of anilines is 1. The highest BCUT2D eigenvalue weighted by Crippen LogP contribution is 2.36. The third-order valence-electron chi connectivity index (χ3n) is 5.38. The number of amides is 1. The van der Waals surface area contributed by atoms with Crippen LogP contribution < -0.4 is 11.1 Å². The average Bonchev–Trinajstić information content (AvgIpc) is 3.17. The average molecular weight is 475 g/mol. The van der Waals surface area contributed by atoms with Gasteiger partial charge in [0.15, 0.2) is 0 Å². The molecule has 2 aromatic heterocycles. The molecule has 1 saturated heterocycles. The summed E-state index contributed by atoms with van der Waals surface area (Å²) in [5.74, 6) is -0.721. The molecule has 0 atom stereocenters. The van der Waals surface area contributed by atoms with Crippen molar-refractivity contribution in [3.05, 3.63) is 24.2 Å². The van der Waals surface area contributed by atoms with Crippen molar-refractivity contribution >= 4 is 21.9 Å². The SMILES string of the molecule is CC(C)(C(N)=O)n1cc(-c2nc(NC3CCN(S(C)(=O)=O)CC3)ncc2C(F)(F)F)cn1. The van der Waals surface area contributed by atoms with E-state index >= 15 is 0 Å². The van der Waals surface area contributed by atoms with Gasteiger partial charge in [-0.15, -0.1) is 0 Å². The predicted octanol–water partition coefficient (Wildman–Crippen LogP) is 1.42. The molecule has 1 fully saturated rings. The quantitative estimate of drug-likeness (QED) is 0.645. The Balaban J connectivity index is 1.89. The van der Waals surface area contributed by atoms with Gasteiger partial charge in [0.1, 0.15) is 11.1 Å². The molecule has 0 radical (unpaired) electrons. The van der Waals surface area contributed by atoms with Crippen molar-refractivity contribution in [3.8, 4) is 11.3 Å². The largest absolute Gasteiger partial charge is 0.419 e. The van der Waals surface area contributed by atoms with Gasteiger partial charge in [0.25, 0.3) is 0 Å². The maximum atomic E-state index is 13.6. The third kappa shape index (κ3) is 5.01. The molecule has 14 heteroatoms. The molecule has 3 heterocycles. The summed E-state index contributed by atoms with van der Waals surface area (Å²) in [5.41, 5.74) is 2.71. The van der Waals surface area contributed by atoms with Crippen LogP contribution in [0.2, 0.25) is 0 Å². The number of carbonyl (C=O) groups excluding carboxylic acids is 1. The van der Waals surface area contributed by atoms with Crippen molar-refractivity contribution in [2.24, 2.45) is 5.73 Å². The van der Waals surface area contributed by atoms with Gasteiger partial charge in [0.05, 0.1) is 18.1 Å². The van der Waals surface area contributed by atoms with Gasteiger partial charge in [-0.25, -0.2) is 22.7 Å². The summed E-state index contributed by atoms with van der Waals surface area (Å²) in [5, 5.41) is 6.98. The first-order valence-corrected chi connectivity index (χ1v) is 11.6. The van der Waals surface area contributed by atoms with Crippen LogP contribution in [0.1, 0.15) is 32.3 Å². The molecule has 10 nitrogen and oxygen atoms in total. The van der Waals surface area contributed by atoms with E-state index in [2.05, 4.69) is 20.4 Å². The Hall–Kier alpha value is -2.74. The Morgan fingerprint density at radius 1 is 1.22 bits per heavy atom. The van der Waals surface area contributed by atoms with Crippen LogP contribution >= 0.6 is 0 Å². The standard InChI is InChI=1S/C18H24F3N7O3S/c1-17(2,15(22)29)28-10-11(8-24-28)14-13(18(19,20)21)9-23-16(26-14)25-12-4-6-27(7-5-12)32(3,30)31/h8-10,12H,4-7H2,1-3H3,(H2,22,29)(H,23,25,26). The van der Waals surface area contributed by atoms with Gasteiger partial charge >= 0.3 is 6.18 Å². The van der Waals surface area contributed by atoms with E-state index in [1.54, 1.807) is 0 Å². The highest BCUT2D eigenvalue weighted by Gasteiger charge is 2.37. The van der Waals surface area contributed by atoms with E-state index in [-0.39, 0.29) is 17.6 Å². The smallest absolute Gasteiger partial charge is 0.368 e. The summed E-state index contributed by atoms with van der Waals surface area (Å²) in [7, 11) is -3.30. The van der Waals surface area contributed by atoms with E-state index in [0.717, 1.165) is 6.26 Å². The molecule has 0 unspecified atom stereocenters. The topological polar surface area (TPSA) is 136 Å². The number of nitrogens with one attached hydrogen (secondary N) is 1. The summed E-state index contributed by atoms with van der Waals surface area (Å²) in [6.07, 6.45) is 0.469. The fraction of sp³-hybridized carbons (Fsp3) is 0.556. The molecule has 0 aliphatic carbocycles. The van der Waals surface area contributed by atoms with E-state index in [9.17, 15) is 26.4 Å². The van der Waals surface area contributed by atoms with Crippen LogP contribution in [-0.2, 0) is 26.5 Å². The molecular formula is C18H24F3N7O3S. The Bertz CT molecular complexity index is 1110. The van der Waals surface area contributed by atoms with Crippen molar-refractivity contribution in [2.45, 2.75) is 44.4 Å². The van der Waals surface area contributed by atoms with E-state index in [1.807, 2.05) is 0 Å². The first-order valence-electron chi connectivity index (χ1n) is 9.71. The molecule has 176 valence electrons. The molecule has 2 aromatic rings. The van der Waals surface area contributed by atoms with Crippen molar-refractivity contribution < 1.29 is 26.4 Å². The van der Waals surface area contributed by atoms with Gasteiger partial charge in [-0.3, -0.25) is 9.48 Å². The van der Waals surface area contributed by atoms with Gasteiger partial charge < -0.3 is 11.1 Å². The normalized spacial score (nSPS) is 16.8. The number of carbonyl (C=O) groups is 1. The number of nitrogens with two attached hydrogens (primary N) is 1. The number of halogens is 3. The van der Waals surface area contributed by atoms with E-state index in [1.165, 1.54) is 35.2 Å². The van der Waals surface area contributed by atoms with Crippen LogP contribution in [0.4, 0.5) is 19.1 Å². The number of hydrogen-bond acceptors (Lipinski definition) is 7. The molecule has 3 rings (SSSR count). The lowest BCUT2D eigenvalue weighted by Gasteiger charge is -2.30. The summed E-state index contributed by atoms with van der Waals surface area (Å²) in [4.78, 5) is 19.5. The first-order chi connectivity index (χ1) is 14.7. The second kappa shape index (κ2) is 8.31. The highest BCUT2D eigenvalue weighted by atomic mass is 32.2. The van der Waals surface area contributed by atoms with Gasteiger partial charge in [-0.1, -0.05) is 0 Å². The number of primary amides is 1. The summed E-state index contributed by atoms with van der Waals surface area (Å²) in [6.45, 7) is 3.57. The molecule has 32 heavy (non-hydrogen) atoms. The lowest BCUT2D eigenvalue weighted by Crippen LogP contribution is -2.42. The zero-order valence-corrected chi connectivity index (χ0v) is 18.5. The lowest BCUT2D eigenvalue weighted by molar-refractivity contribution is -0.137. The van der Waals surface area contributed by atoms with Crippen molar-refractivity contribution in [1.82, 2.24) is 24.1 Å². The molecule has 1 aliphatic heterocycles. The predicted molar refractivity (Wildman–Crippen MR) is 110 cm³/mol. The monoisotopic (exact) mass is 475 g/mol.